The summed E-state index contributed by atoms with van der Waals surface area (Å²) in [6, 6.07) is 11.2. The minimum Gasteiger partial charge on any atom is -0.375 e. The van der Waals surface area contributed by atoms with Crippen LogP contribution in [0.5, 0.6) is 0 Å². The summed E-state index contributed by atoms with van der Waals surface area (Å²) >= 11 is 0. The standard InChI is InChI=1S/C19H25N3O/c1-2-6-16(7-3-1)14-22-11-10-20-19(22)15-21-12-13-23-18-9-5-4-8-17(18)21/h1-3,6-7,10-11,17-18H,4-5,8-9,12-15H2/t17-,18-/m1/s1. The fourth-order valence-corrected chi connectivity index (χ4v) is 3.97. The van der Waals surface area contributed by atoms with Crippen LogP contribution < -0.4 is 0 Å². The van der Waals surface area contributed by atoms with E-state index in [9.17, 15) is 0 Å². The van der Waals surface area contributed by atoms with Crippen LogP contribution in [-0.4, -0.2) is 39.7 Å². The van der Waals surface area contributed by atoms with Crippen LogP contribution >= 0.6 is 0 Å². The molecule has 1 saturated heterocycles. The lowest BCUT2D eigenvalue weighted by molar-refractivity contribution is -0.0920. The van der Waals surface area contributed by atoms with Crippen molar-refractivity contribution in [2.75, 3.05) is 13.2 Å². The highest BCUT2D eigenvalue weighted by Gasteiger charge is 2.34. The van der Waals surface area contributed by atoms with E-state index in [2.05, 4.69) is 51.0 Å². The molecule has 2 heterocycles. The lowest BCUT2D eigenvalue weighted by Gasteiger charge is -2.43. The highest BCUT2D eigenvalue weighted by Crippen LogP contribution is 2.29. The summed E-state index contributed by atoms with van der Waals surface area (Å²) in [5, 5.41) is 0. The number of hydrogen-bond donors (Lipinski definition) is 0. The molecule has 0 radical (unpaired) electrons. The van der Waals surface area contributed by atoms with Crippen molar-refractivity contribution >= 4 is 0 Å². The highest BCUT2D eigenvalue weighted by molar-refractivity contribution is 5.15. The Kier molecular flexibility index (Phi) is 4.44. The van der Waals surface area contributed by atoms with Gasteiger partial charge in [-0.2, -0.15) is 0 Å². The molecule has 0 N–H and O–H groups in total. The second kappa shape index (κ2) is 6.85. The second-order valence-corrected chi connectivity index (χ2v) is 6.69. The largest absolute Gasteiger partial charge is 0.375 e. The maximum Gasteiger partial charge on any atom is 0.123 e. The molecule has 122 valence electrons. The predicted octanol–water partition coefficient (Wildman–Crippen LogP) is 3.07. The van der Waals surface area contributed by atoms with E-state index in [0.717, 1.165) is 26.2 Å². The Morgan fingerprint density at radius 2 is 1.96 bits per heavy atom. The van der Waals surface area contributed by atoms with Crippen LogP contribution in [0.1, 0.15) is 37.1 Å². The molecule has 4 nitrogen and oxygen atoms in total. The topological polar surface area (TPSA) is 30.3 Å². The van der Waals surface area contributed by atoms with Crippen LogP contribution in [0.15, 0.2) is 42.7 Å². The van der Waals surface area contributed by atoms with Crippen molar-refractivity contribution in [2.24, 2.45) is 0 Å². The van der Waals surface area contributed by atoms with Gasteiger partial charge in [0.25, 0.3) is 0 Å². The summed E-state index contributed by atoms with van der Waals surface area (Å²) < 4.78 is 8.27. The van der Waals surface area contributed by atoms with Gasteiger partial charge in [0.2, 0.25) is 0 Å². The Hall–Kier alpha value is -1.65. The molecule has 1 aromatic heterocycles. The summed E-state index contributed by atoms with van der Waals surface area (Å²) in [5.41, 5.74) is 1.32. The highest BCUT2D eigenvalue weighted by atomic mass is 16.5. The Bertz CT molecular complexity index is 623. The van der Waals surface area contributed by atoms with Crippen LogP contribution in [0.4, 0.5) is 0 Å². The summed E-state index contributed by atoms with van der Waals surface area (Å²) in [4.78, 5) is 7.22. The second-order valence-electron chi connectivity index (χ2n) is 6.69. The molecule has 2 aliphatic rings. The molecule has 0 spiro atoms. The van der Waals surface area contributed by atoms with Crippen LogP contribution in [0.25, 0.3) is 0 Å². The molecule has 4 rings (SSSR count). The van der Waals surface area contributed by atoms with E-state index < -0.39 is 0 Å². The monoisotopic (exact) mass is 311 g/mol. The number of aromatic nitrogens is 2. The van der Waals surface area contributed by atoms with Crippen LogP contribution in [0, 0.1) is 0 Å². The average Bonchev–Trinajstić information content (AvgIpc) is 3.03. The van der Waals surface area contributed by atoms with E-state index in [1.54, 1.807) is 0 Å². The SMILES string of the molecule is c1ccc(Cn2ccnc2CN2CCO[C@@H]3CCCC[C@H]32)cc1. The van der Waals surface area contributed by atoms with Crippen molar-refractivity contribution in [2.45, 2.75) is 50.9 Å². The first kappa shape index (κ1) is 14.9. The van der Waals surface area contributed by atoms with E-state index in [0.29, 0.717) is 12.1 Å². The normalized spacial score (nSPS) is 25.2. The van der Waals surface area contributed by atoms with Crippen molar-refractivity contribution in [3.63, 3.8) is 0 Å². The molecule has 2 atom stereocenters. The van der Waals surface area contributed by atoms with Crippen molar-refractivity contribution in [3.8, 4) is 0 Å². The average molecular weight is 311 g/mol. The number of rotatable bonds is 4. The zero-order valence-electron chi connectivity index (χ0n) is 13.6. The van der Waals surface area contributed by atoms with Gasteiger partial charge in [0, 0.05) is 31.5 Å². The third kappa shape index (κ3) is 3.33. The quantitative estimate of drug-likeness (QED) is 0.869. The number of fused-ring (bicyclic) bond motifs is 1. The maximum atomic E-state index is 5.99. The van der Waals surface area contributed by atoms with Crippen molar-refractivity contribution in [3.05, 3.63) is 54.1 Å². The summed E-state index contributed by atoms with van der Waals surface area (Å²) in [5.74, 6) is 1.17. The van der Waals surface area contributed by atoms with Crippen molar-refractivity contribution in [1.82, 2.24) is 14.5 Å². The molecule has 2 fully saturated rings. The third-order valence-corrected chi connectivity index (χ3v) is 5.19. The van der Waals surface area contributed by atoms with Crippen molar-refractivity contribution < 1.29 is 4.74 Å². The molecule has 1 aliphatic heterocycles. The van der Waals surface area contributed by atoms with Gasteiger partial charge in [-0.05, 0) is 18.4 Å². The fourth-order valence-electron chi connectivity index (χ4n) is 3.97. The summed E-state index contributed by atoms with van der Waals surface area (Å²) in [6.07, 6.45) is 9.61. The van der Waals surface area contributed by atoms with Crippen LogP contribution in [0.2, 0.25) is 0 Å². The number of morpholine rings is 1. The van der Waals surface area contributed by atoms with Gasteiger partial charge in [0.15, 0.2) is 0 Å². The Labute approximate surface area is 138 Å². The van der Waals surface area contributed by atoms with Gasteiger partial charge < -0.3 is 9.30 Å². The smallest absolute Gasteiger partial charge is 0.123 e. The van der Waals surface area contributed by atoms with Crippen LogP contribution in [-0.2, 0) is 17.8 Å². The molecule has 1 aliphatic carbocycles. The van der Waals surface area contributed by atoms with Gasteiger partial charge in [0.05, 0.1) is 19.3 Å². The molecule has 0 amide bonds. The first-order valence-electron chi connectivity index (χ1n) is 8.80. The molecule has 1 aromatic carbocycles. The zero-order valence-corrected chi connectivity index (χ0v) is 13.6. The van der Waals surface area contributed by atoms with Gasteiger partial charge in [-0.15, -0.1) is 0 Å². The third-order valence-electron chi connectivity index (χ3n) is 5.19. The van der Waals surface area contributed by atoms with Gasteiger partial charge in [-0.3, -0.25) is 4.90 Å². The fraction of sp³-hybridized carbons (Fsp3) is 0.526. The summed E-state index contributed by atoms with van der Waals surface area (Å²) in [6.45, 7) is 3.72. The minimum atomic E-state index is 0.440. The molecular formula is C19H25N3O. The van der Waals surface area contributed by atoms with E-state index in [4.69, 9.17) is 4.74 Å². The van der Waals surface area contributed by atoms with Crippen molar-refractivity contribution in [1.29, 1.82) is 0 Å². The van der Waals surface area contributed by atoms with Gasteiger partial charge in [-0.25, -0.2) is 4.98 Å². The molecule has 4 heteroatoms. The molecule has 23 heavy (non-hydrogen) atoms. The molecule has 2 aromatic rings. The van der Waals surface area contributed by atoms with E-state index in [1.165, 1.54) is 37.1 Å². The first-order valence-corrected chi connectivity index (χ1v) is 8.80. The molecule has 1 saturated carbocycles. The first-order chi connectivity index (χ1) is 11.4. The summed E-state index contributed by atoms with van der Waals surface area (Å²) in [7, 11) is 0. The van der Waals surface area contributed by atoms with E-state index >= 15 is 0 Å². The number of benzene rings is 1. The lowest BCUT2D eigenvalue weighted by Crippen LogP contribution is -2.52. The number of hydrogen-bond acceptors (Lipinski definition) is 3. The Morgan fingerprint density at radius 1 is 1.09 bits per heavy atom. The molecule has 0 bridgehead atoms. The van der Waals surface area contributed by atoms with E-state index in [-0.39, 0.29) is 0 Å². The number of ether oxygens (including phenoxy) is 1. The van der Waals surface area contributed by atoms with Gasteiger partial charge >= 0.3 is 0 Å². The number of nitrogens with zero attached hydrogens (tertiary/aromatic N) is 3. The van der Waals surface area contributed by atoms with Crippen LogP contribution in [0.3, 0.4) is 0 Å². The Morgan fingerprint density at radius 3 is 2.87 bits per heavy atom. The van der Waals surface area contributed by atoms with Gasteiger partial charge in [-0.1, -0.05) is 43.2 Å². The maximum absolute atomic E-state index is 5.99. The minimum absolute atomic E-state index is 0.440. The predicted molar refractivity (Wildman–Crippen MR) is 90.2 cm³/mol. The molecular weight excluding hydrogens is 286 g/mol. The Balaban J connectivity index is 1.47. The zero-order chi connectivity index (χ0) is 15.5. The van der Waals surface area contributed by atoms with Gasteiger partial charge in [0.1, 0.15) is 5.82 Å². The number of imidazole rings is 1. The molecule has 0 unspecified atom stereocenters. The lowest BCUT2D eigenvalue weighted by atomic mass is 9.90. The van der Waals surface area contributed by atoms with E-state index in [1.807, 2.05) is 6.20 Å².